The monoisotopic (exact) mass is 398 g/mol. The standard InChI is InChI=1S/C19H30N2O5S/c1-3-21(4-2)19(22)16-8-10-18(11-9-16)27(23,24)20-12-6-13-25-15-17-7-5-14-26-17/h8-11,17,20H,3-7,12-15H2,1-2H3. The van der Waals surface area contributed by atoms with E-state index in [-0.39, 0.29) is 16.9 Å². The van der Waals surface area contributed by atoms with Crippen molar-refractivity contribution < 1.29 is 22.7 Å². The van der Waals surface area contributed by atoms with Crippen molar-refractivity contribution in [2.24, 2.45) is 0 Å². The molecule has 1 saturated heterocycles. The molecule has 2 rings (SSSR count). The molecule has 0 radical (unpaired) electrons. The van der Waals surface area contributed by atoms with Gasteiger partial charge in [-0.1, -0.05) is 0 Å². The van der Waals surface area contributed by atoms with Gasteiger partial charge in [-0.3, -0.25) is 4.79 Å². The zero-order valence-corrected chi connectivity index (χ0v) is 17.0. The smallest absolute Gasteiger partial charge is 0.253 e. The fraction of sp³-hybridized carbons (Fsp3) is 0.632. The van der Waals surface area contributed by atoms with E-state index in [0.29, 0.717) is 44.8 Å². The lowest BCUT2D eigenvalue weighted by Crippen LogP contribution is -2.30. The Hall–Kier alpha value is -1.48. The number of sulfonamides is 1. The van der Waals surface area contributed by atoms with Crippen molar-refractivity contribution in [3.8, 4) is 0 Å². The maximum atomic E-state index is 12.3. The van der Waals surface area contributed by atoms with E-state index in [1.54, 1.807) is 17.0 Å². The Morgan fingerprint density at radius 2 is 1.96 bits per heavy atom. The average Bonchev–Trinajstić information content (AvgIpc) is 3.19. The van der Waals surface area contributed by atoms with Crippen LogP contribution in [0.3, 0.4) is 0 Å². The molecule has 152 valence electrons. The van der Waals surface area contributed by atoms with Crippen molar-refractivity contribution >= 4 is 15.9 Å². The average molecular weight is 399 g/mol. The summed E-state index contributed by atoms with van der Waals surface area (Å²) < 4.78 is 38.2. The van der Waals surface area contributed by atoms with E-state index in [4.69, 9.17) is 9.47 Å². The summed E-state index contributed by atoms with van der Waals surface area (Å²) in [4.78, 5) is 14.1. The molecule has 1 aliphatic heterocycles. The second-order valence-electron chi connectivity index (χ2n) is 6.46. The van der Waals surface area contributed by atoms with Gasteiger partial charge in [0.05, 0.1) is 17.6 Å². The van der Waals surface area contributed by atoms with Gasteiger partial charge in [-0.05, 0) is 57.4 Å². The molecule has 1 amide bonds. The highest BCUT2D eigenvalue weighted by Gasteiger charge is 2.17. The first-order valence-electron chi connectivity index (χ1n) is 9.56. The van der Waals surface area contributed by atoms with E-state index in [0.717, 1.165) is 19.4 Å². The quantitative estimate of drug-likeness (QED) is 0.577. The molecule has 0 aromatic heterocycles. The van der Waals surface area contributed by atoms with Gasteiger partial charge in [-0.15, -0.1) is 0 Å². The largest absolute Gasteiger partial charge is 0.379 e. The highest BCUT2D eigenvalue weighted by molar-refractivity contribution is 7.89. The topological polar surface area (TPSA) is 84.9 Å². The highest BCUT2D eigenvalue weighted by atomic mass is 32.2. The number of ether oxygens (including phenoxy) is 2. The predicted molar refractivity (Wildman–Crippen MR) is 103 cm³/mol. The van der Waals surface area contributed by atoms with Crippen LogP contribution in [0.5, 0.6) is 0 Å². The molecular weight excluding hydrogens is 368 g/mol. The Labute approximate surface area is 162 Å². The van der Waals surface area contributed by atoms with Crippen molar-refractivity contribution in [3.05, 3.63) is 29.8 Å². The van der Waals surface area contributed by atoms with Crippen molar-refractivity contribution in [2.45, 2.75) is 44.1 Å². The number of amides is 1. The third kappa shape index (κ3) is 6.57. The van der Waals surface area contributed by atoms with Crippen molar-refractivity contribution in [1.29, 1.82) is 0 Å². The number of nitrogens with one attached hydrogen (secondary N) is 1. The maximum absolute atomic E-state index is 12.3. The molecule has 1 N–H and O–H groups in total. The van der Waals surface area contributed by atoms with E-state index in [1.807, 2.05) is 13.8 Å². The summed E-state index contributed by atoms with van der Waals surface area (Å²) in [6, 6.07) is 6.04. The van der Waals surface area contributed by atoms with Crippen molar-refractivity contribution in [2.75, 3.05) is 39.5 Å². The third-order valence-electron chi connectivity index (χ3n) is 4.55. The number of carbonyl (C=O) groups excluding carboxylic acids is 1. The summed E-state index contributed by atoms with van der Waals surface area (Å²) in [5, 5.41) is 0. The van der Waals surface area contributed by atoms with Crippen LogP contribution >= 0.6 is 0 Å². The molecule has 1 heterocycles. The fourth-order valence-electron chi connectivity index (χ4n) is 2.92. The second-order valence-corrected chi connectivity index (χ2v) is 8.23. The Balaban J connectivity index is 1.77. The Morgan fingerprint density at radius 3 is 2.56 bits per heavy atom. The molecule has 0 bridgehead atoms. The summed E-state index contributed by atoms with van der Waals surface area (Å²) >= 11 is 0. The Morgan fingerprint density at radius 1 is 1.26 bits per heavy atom. The van der Waals surface area contributed by atoms with Crippen LogP contribution in [-0.2, 0) is 19.5 Å². The molecule has 8 heteroatoms. The lowest BCUT2D eigenvalue weighted by molar-refractivity contribution is 0.0169. The summed E-state index contributed by atoms with van der Waals surface area (Å²) in [5.41, 5.74) is 0.486. The summed E-state index contributed by atoms with van der Waals surface area (Å²) in [6.07, 6.45) is 2.87. The minimum absolute atomic E-state index is 0.0969. The first-order valence-corrected chi connectivity index (χ1v) is 11.0. The Bertz CT molecular complexity index is 681. The van der Waals surface area contributed by atoms with E-state index >= 15 is 0 Å². The summed E-state index contributed by atoms with van der Waals surface area (Å²) in [5.74, 6) is -0.0969. The second kappa shape index (κ2) is 10.8. The van der Waals surface area contributed by atoms with Crippen LogP contribution in [0, 0.1) is 0 Å². The summed E-state index contributed by atoms with van der Waals surface area (Å²) in [7, 11) is -3.59. The van der Waals surface area contributed by atoms with Gasteiger partial charge in [0, 0.05) is 38.4 Å². The van der Waals surface area contributed by atoms with Crippen LogP contribution in [0.25, 0.3) is 0 Å². The SMILES string of the molecule is CCN(CC)C(=O)c1ccc(S(=O)(=O)NCCCOCC2CCCO2)cc1. The molecule has 1 atom stereocenters. The molecule has 0 saturated carbocycles. The van der Waals surface area contributed by atoms with E-state index in [1.165, 1.54) is 12.1 Å². The lowest BCUT2D eigenvalue weighted by atomic mass is 10.2. The molecule has 1 aromatic rings. The van der Waals surface area contributed by atoms with Gasteiger partial charge >= 0.3 is 0 Å². The molecule has 0 spiro atoms. The lowest BCUT2D eigenvalue weighted by Gasteiger charge is -2.18. The minimum atomic E-state index is -3.59. The number of nitrogens with zero attached hydrogens (tertiary/aromatic N) is 1. The zero-order chi connectivity index (χ0) is 19.7. The zero-order valence-electron chi connectivity index (χ0n) is 16.1. The summed E-state index contributed by atoms with van der Waals surface area (Å²) in [6.45, 7) is 7.21. The van der Waals surface area contributed by atoms with Crippen LogP contribution < -0.4 is 4.72 Å². The van der Waals surface area contributed by atoms with Gasteiger partial charge in [0.15, 0.2) is 0 Å². The highest BCUT2D eigenvalue weighted by Crippen LogP contribution is 2.13. The van der Waals surface area contributed by atoms with Gasteiger partial charge in [0.2, 0.25) is 10.0 Å². The number of rotatable bonds is 11. The van der Waals surface area contributed by atoms with Gasteiger partial charge in [0.25, 0.3) is 5.91 Å². The molecule has 1 unspecified atom stereocenters. The van der Waals surface area contributed by atoms with Gasteiger partial charge in [-0.2, -0.15) is 0 Å². The minimum Gasteiger partial charge on any atom is -0.379 e. The molecular formula is C19H30N2O5S. The normalized spacial score (nSPS) is 17.2. The number of benzene rings is 1. The number of hydrogen-bond donors (Lipinski definition) is 1. The number of hydrogen-bond acceptors (Lipinski definition) is 5. The molecule has 7 nitrogen and oxygen atoms in total. The molecule has 27 heavy (non-hydrogen) atoms. The van der Waals surface area contributed by atoms with Crippen LogP contribution in [0.1, 0.15) is 43.5 Å². The van der Waals surface area contributed by atoms with Gasteiger partial charge in [0.1, 0.15) is 0 Å². The van der Waals surface area contributed by atoms with Crippen LogP contribution in [0.15, 0.2) is 29.2 Å². The van der Waals surface area contributed by atoms with Gasteiger partial charge < -0.3 is 14.4 Å². The molecule has 1 aromatic carbocycles. The first kappa shape index (κ1) is 21.8. The Kier molecular flexibility index (Phi) is 8.69. The van der Waals surface area contributed by atoms with Crippen LogP contribution in [0.2, 0.25) is 0 Å². The predicted octanol–water partition coefficient (Wildman–Crippen LogP) is 2.03. The maximum Gasteiger partial charge on any atom is 0.253 e. The van der Waals surface area contributed by atoms with Crippen LogP contribution in [-0.4, -0.2) is 64.8 Å². The van der Waals surface area contributed by atoms with Gasteiger partial charge in [-0.25, -0.2) is 13.1 Å². The third-order valence-corrected chi connectivity index (χ3v) is 6.02. The molecule has 1 fully saturated rings. The van der Waals surface area contributed by atoms with E-state index in [2.05, 4.69) is 4.72 Å². The molecule has 1 aliphatic rings. The van der Waals surface area contributed by atoms with E-state index in [9.17, 15) is 13.2 Å². The number of carbonyl (C=O) groups is 1. The van der Waals surface area contributed by atoms with E-state index < -0.39 is 10.0 Å². The van der Waals surface area contributed by atoms with Crippen molar-refractivity contribution in [1.82, 2.24) is 9.62 Å². The fourth-order valence-corrected chi connectivity index (χ4v) is 4.00. The van der Waals surface area contributed by atoms with Crippen LogP contribution in [0.4, 0.5) is 0 Å². The van der Waals surface area contributed by atoms with Crippen molar-refractivity contribution in [3.63, 3.8) is 0 Å². The molecule has 0 aliphatic carbocycles. The first-order chi connectivity index (χ1) is 13.0.